The Balaban J connectivity index is 2.49. The molecule has 0 unspecified atom stereocenters. The predicted octanol–water partition coefficient (Wildman–Crippen LogP) is 0.423. The van der Waals surface area contributed by atoms with Gasteiger partial charge in [0.15, 0.2) is 0 Å². The summed E-state index contributed by atoms with van der Waals surface area (Å²) in [5.41, 5.74) is 5.26. The van der Waals surface area contributed by atoms with Crippen LogP contribution in [0.1, 0.15) is 20.3 Å². The van der Waals surface area contributed by atoms with Crippen LogP contribution in [-0.4, -0.2) is 42.6 Å². The Labute approximate surface area is 79.6 Å². The third-order valence-electron chi connectivity index (χ3n) is 2.11. The second-order valence-corrected chi connectivity index (χ2v) is 4.20. The van der Waals surface area contributed by atoms with Gasteiger partial charge in [0, 0.05) is 19.7 Å². The van der Waals surface area contributed by atoms with Crippen molar-refractivity contribution >= 4 is 5.84 Å². The van der Waals surface area contributed by atoms with Gasteiger partial charge in [0.2, 0.25) is 0 Å². The van der Waals surface area contributed by atoms with E-state index in [-0.39, 0.29) is 11.4 Å². The molecule has 1 heterocycles. The van der Waals surface area contributed by atoms with E-state index in [2.05, 4.69) is 18.7 Å². The third-order valence-corrected chi connectivity index (χ3v) is 2.11. The highest BCUT2D eigenvalue weighted by molar-refractivity contribution is 5.78. The summed E-state index contributed by atoms with van der Waals surface area (Å²) < 4.78 is 5.65. The van der Waals surface area contributed by atoms with Crippen LogP contribution in [0.5, 0.6) is 0 Å². The minimum absolute atomic E-state index is 0.105. The second kappa shape index (κ2) is 4.07. The number of rotatable bonds is 2. The lowest BCUT2D eigenvalue weighted by molar-refractivity contribution is -0.0156. The Morgan fingerprint density at radius 1 is 1.62 bits per heavy atom. The van der Waals surface area contributed by atoms with Crippen molar-refractivity contribution in [1.82, 2.24) is 4.90 Å². The van der Waals surface area contributed by atoms with Crippen molar-refractivity contribution in [1.29, 1.82) is 5.41 Å². The molecule has 0 spiro atoms. The van der Waals surface area contributed by atoms with Crippen LogP contribution < -0.4 is 5.73 Å². The van der Waals surface area contributed by atoms with Crippen LogP contribution in [0, 0.1) is 5.41 Å². The van der Waals surface area contributed by atoms with E-state index in [4.69, 9.17) is 15.9 Å². The van der Waals surface area contributed by atoms with Gasteiger partial charge >= 0.3 is 0 Å². The van der Waals surface area contributed by atoms with E-state index in [0.717, 1.165) is 26.1 Å². The molecular weight excluding hydrogens is 166 g/mol. The highest BCUT2D eigenvalue weighted by Crippen LogP contribution is 2.15. The minimum atomic E-state index is -0.105. The summed E-state index contributed by atoms with van der Waals surface area (Å²) >= 11 is 0. The van der Waals surface area contributed by atoms with Crippen molar-refractivity contribution in [3.05, 3.63) is 0 Å². The summed E-state index contributed by atoms with van der Waals surface area (Å²) in [5, 5.41) is 7.23. The summed E-state index contributed by atoms with van der Waals surface area (Å²) in [6.45, 7) is 7.35. The monoisotopic (exact) mass is 185 g/mol. The van der Waals surface area contributed by atoms with Gasteiger partial charge in [0.1, 0.15) is 5.84 Å². The van der Waals surface area contributed by atoms with Gasteiger partial charge in [-0.3, -0.25) is 10.3 Å². The summed E-state index contributed by atoms with van der Waals surface area (Å²) in [6, 6.07) is 0. The molecule has 4 heteroatoms. The highest BCUT2D eigenvalue weighted by atomic mass is 16.5. The zero-order valence-corrected chi connectivity index (χ0v) is 8.47. The van der Waals surface area contributed by atoms with Crippen molar-refractivity contribution in [2.24, 2.45) is 5.73 Å². The number of ether oxygens (including phenoxy) is 1. The average Bonchev–Trinajstić information content (AvgIpc) is 2.09. The van der Waals surface area contributed by atoms with Gasteiger partial charge in [-0.05, 0) is 20.3 Å². The van der Waals surface area contributed by atoms with Crippen LogP contribution in [0.3, 0.4) is 0 Å². The van der Waals surface area contributed by atoms with Crippen LogP contribution in [0.25, 0.3) is 0 Å². The molecule has 0 aliphatic carbocycles. The van der Waals surface area contributed by atoms with Gasteiger partial charge < -0.3 is 10.5 Å². The molecule has 0 radical (unpaired) electrons. The van der Waals surface area contributed by atoms with Crippen LogP contribution in [0.15, 0.2) is 0 Å². The minimum Gasteiger partial charge on any atom is -0.387 e. The fourth-order valence-corrected chi connectivity index (χ4v) is 1.68. The Hall–Kier alpha value is -0.610. The molecule has 0 bridgehead atoms. The highest BCUT2D eigenvalue weighted by Gasteiger charge is 2.25. The number of hydrogen-bond donors (Lipinski definition) is 2. The Morgan fingerprint density at radius 2 is 2.31 bits per heavy atom. The van der Waals surface area contributed by atoms with Crippen LogP contribution in [0.4, 0.5) is 0 Å². The van der Waals surface area contributed by atoms with E-state index in [1.807, 2.05) is 0 Å². The van der Waals surface area contributed by atoms with Crippen molar-refractivity contribution in [2.45, 2.75) is 25.9 Å². The molecule has 0 aromatic heterocycles. The first-order chi connectivity index (χ1) is 5.99. The number of nitrogens with one attached hydrogen (secondary N) is 1. The van der Waals surface area contributed by atoms with Crippen LogP contribution in [-0.2, 0) is 4.74 Å². The Morgan fingerprint density at radius 3 is 2.92 bits per heavy atom. The van der Waals surface area contributed by atoms with Crippen LogP contribution in [0.2, 0.25) is 0 Å². The maximum Gasteiger partial charge on any atom is 0.105 e. The summed E-state index contributed by atoms with van der Waals surface area (Å²) in [4.78, 5) is 2.18. The third kappa shape index (κ3) is 3.74. The van der Waals surface area contributed by atoms with Crippen molar-refractivity contribution in [2.75, 3.05) is 26.2 Å². The van der Waals surface area contributed by atoms with E-state index in [9.17, 15) is 0 Å². The van der Waals surface area contributed by atoms with Crippen molar-refractivity contribution < 1.29 is 4.74 Å². The van der Waals surface area contributed by atoms with Gasteiger partial charge in [0.05, 0.1) is 12.1 Å². The van der Waals surface area contributed by atoms with Gasteiger partial charge in [-0.15, -0.1) is 0 Å². The largest absolute Gasteiger partial charge is 0.387 e. The van der Waals surface area contributed by atoms with E-state index in [1.165, 1.54) is 0 Å². The Bertz CT molecular complexity index is 191. The first-order valence-corrected chi connectivity index (χ1v) is 4.69. The molecule has 4 nitrogen and oxygen atoms in total. The van der Waals surface area contributed by atoms with Gasteiger partial charge in [-0.1, -0.05) is 0 Å². The number of hydrogen-bond acceptors (Lipinski definition) is 3. The quantitative estimate of drug-likeness (QED) is 0.484. The maximum absolute atomic E-state index is 7.23. The van der Waals surface area contributed by atoms with E-state index < -0.39 is 0 Å². The molecular formula is C9H19N3O. The summed E-state index contributed by atoms with van der Waals surface area (Å²) in [5.74, 6) is 0.234. The molecule has 1 aliphatic rings. The molecule has 0 amide bonds. The average molecular weight is 185 g/mol. The number of nitrogens with zero attached hydrogens (tertiary/aromatic N) is 1. The van der Waals surface area contributed by atoms with Crippen LogP contribution >= 0.6 is 0 Å². The summed E-state index contributed by atoms with van der Waals surface area (Å²) in [6.07, 6.45) is 1.02. The topological polar surface area (TPSA) is 62.3 Å². The molecule has 1 aliphatic heterocycles. The molecule has 0 aromatic rings. The van der Waals surface area contributed by atoms with Gasteiger partial charge in [0.25, 0.3) is 0 Å². The molecule has 0 saturated carbocycles. The van der Waals surface area contributed by atoms with Crippen molar-refractivity contribution in [3.8, 4) is 0 Å². The van der Waals surface area contributed by atoms with E-state index >= 15 is 0 Å². The molecule has 1 saturated heterocycles. The zero-order chi connectivity index (χ0) is 9.90. The SMILES string of the molecule is CC1(C)CN(CC(=N)N)CCCO1. The molecule has 0 aromatic carbocycles. The maximum atomic E-state index is 7.23. The van der Waals surface area contributed by atoms with Gasteiger partial charge in [-0.25, -0.2) is 0 Å². The molecule has 76 valence electrons. The van der Waals surface area contributed by atoms with Crippen molar-refractivity contribution in [3.63, 3.8) is 0 Å². The van der Waals surface area contributed by atoms with E-state index in [0.29, 0.717) is 6.54 Å². The molecule has 13 heavy (non-hydrogen) atoms. The lowest BCUT2D eigenvalue weighted by Crippen LogP contribution is -2.42. The first kappa shape index (κ1) is 10.5. The smallest absolute Gasteiger partial charge is 0.105 e. The fraction of sp³-hybridized carbons (Fsp3) is 0.889. The second-order valence-electron chi connectivity index (χ2n) is 4.20. The number of nitrogens with two attached hydrogens (primary N) is 1. The predicted molar refractivity (Wildman–Crippen MR) is 53.0 cm³/mol. The zero-order valence-electron chi connectivity index (χ0n) is 8.47. The molecule has 1 rings (SSSR count). The van der Waals surface area contributed by atoms with Gasteiger partial charge in [-0.2, -0.15) is 0 Å². The van der Waals surface area contributed by atoms with E-state index in [1.54, 1.807) is 0 Å². The summed E-state index contributed by atoms with van der Waals surface area (Å²) in [7, 11) is 0. The number of amidine groups is 1. The standard InChI is InChI=1S/C9H19N3O/c1-9(2)7-12(6-8(10)11)4-3-5-13-9/h3-7H2,1-2H3,(H3,10,11). The fourth-order valence-electron chi connectivity index (χ4n) is 1.68. The molecule has 0 atom stereocenters. The molecule has 1 fully saturated rings. The lowest BCUT2D eigenvalue weighted by Gasteiger charge is -2.28. The normalized spacial score (nSPS) is 23.8. The molecule has 3 N–H and O–H groups in total. The lowest BCUT2D eigenvalue weighted by atomic mass is 10.1. The Kier molecular flexibility index (Phi) is 3.27. The first-order valence-electron chi connectivity index (χ1n) is 4.69.